The van der Waals surface area contributed by atoms with E-state index >= 15 is 0 Å². The maximum Gasteiger partial charge on any atom is 0.573 e. The summed E-state index contributed by atoms with van der Waals surface area (Å²) in [6.07, 6.45) is -8.64. The van der Waals surface area contributed by atoms with Crippen LogP contribution < -0.4 is 9.47 Å². The van der Waals surface area contributed by atoms with Gasteiger partial charge in [0.05, 0.1) is 15.7 Å². The minimum absolute atomic E-state index is 0.0102. The molecule has 10 nitrogen and oxygen atoms in total. The summed E-state index contributed by atoms with van der Waals surface area (Å²) in [5, 5.41) is 2.87. The lowest BCUT2D eigenvalue weighted by molar-refractivity contribution is -0.275. The molecule has 2 aliphatic rings. The van der Waals surface area contributed by atoms with Crippen LogP contribution in [0.25, 0.3) is 22.5 Å². The second-order valence-electron chi connectivity index (χ2n) is 17.3. The summed E-state index contributed by atoms with van der Waals surface area (Å²) in [7, 11) is 0. The summed E-state index contributed by atoms with van der Waals surface area (Å²) in [4.78, 5) is 35.6. The molecule has 0 atom stereocenters. The van der Waals surface area contributed by atoms with Crippen molar-refractivity contribution in [3.63, 3.8) is 0 Å². The Labute approximate surface area is 409 Å². The number of nitrogens with zero attached hydrogens (tertiary/aromatic N) is 4. The topological polar surface area (TPSA) is 103 Å². The van der Waals surface area contributed by atoms with Crippen molar-refractivity contribution in [3.8, 4) is 34.0 Å². The van der Waals surface area contributed by atoms with E-state index in [0.717, 1.165) is 35.6 Å². The Balaban J connectivity index is 0.000000258. The number of aromatic nitrogens is 2. The summed E-state index contributed by atoms with van der Waals surface area (Å²) in [6.45, 7) is 12.4. The van der Waals surface area contributed by atoms with Gasteiger partial charge in [0.2, 0.25) is 0 Å². The lowest BCUT2D eigenvalue weighted by Gasteiger charge is -2.32. The van der Waals surface area contributed by atoms with Crippen molar-refractivity contribution < 1.29 is 81.2 Å². The SMILES string of the molecule is CC(C)(C)OC(=O)N1CCC(c2nc(-c3cc(OC(F)(F)F)cc(SC(F)(F)F)c3)c(Cl)s2)CC1.CC(C)(C)OC(=O)N1CCC(c2nc(-c3cc(OC(F)(F)F)cc(SC(F)(F)F)c3)cs2)CC1. The minimum Gasteiger partial charge on any atom is -0.444 e. The fraction of sp³-hybridized carbons (Fsp3) is 0.524. The summed E-state index contributed by atoms with van der Waals surface area (Å²) < 4.78 is 172. The van der Waals surface area contributed by atoms with Gasteiger partial charge in [-0.3, -0.25) is 0 Å². The summed E-state index contributed by atoms with van der Waals surface area (Å²) in [5.41, 5.74) is -10.2. The van der Waals surface area contributed by atoms with Gasteiger partial charge in [0.1, 0.15) is 32.7 Å². The molecule has 0 N–H and O–H groups in total. The number of amides is 2. The first-order valence-electron chi connectivity index (χ1n) is 20.5. The third-order valence-corrected chi connectivity index (χ3v) is 13.2. The maximum absolute atomic E-state index is 12.9. The number of carbonyl (C=O) groups excluding carboxylic acids is 2. The van der Waals surface area contributed by atoms with E-state index in [-0.39, 0.29) is 38.7 Å². The van der Waals surface area contributed by atoms with E-state index in [4.69, 9.17) is 21.1 Å². The molecule has 0 aliphatic carbocycles. The number of carbonyl (C=O) groups is 2. The molecule has 0 spiro atoms. The number of hydrogen-bond donors (Lipinski definition) is 0. The number of likely N-dealkylation sites (tertiary alicyclic amines) is 2. The Morgan fingerprint density at radius 1 is 0.609 bits per heavy atom. The third-order valence-electron chi connectivity index (χ3n) is 9.38. The average molecular weight is 1090 g/mol. The fourth-order valence-corrected chi connectivity index (χ4v) is 10.4. The van der Waals surface area contributed by atoms with Crippen molar-refractivity contribution in [1.82, 2.24) is 19.8 Å². The van der Waals surface area contributed by atoms with Crippen LogP contribution in [0.2, 0.25) is 4.34 Å². The van der Waals surface area contributed by atoms with Gasteiger partial charge < -0.3 is 28.7 Å². The predicted octanol–water partition coefficient (Wildman–Crippen LogP) is 15.5. The van der Waals surface area contributed by atoms with E-state index in [9.17, 15) is 62.3 Å². The third kappa shape index (κ3) is 18.6. The van der Waals surface area contributed by atoms with Crippen LogP contribution in [-0.4, -0.2) is 93.1 Å². The lowest BCUT2D eigenvalue weighted by atomic mass is 9.98. The van der Waals surface area contributed by atoms with Crippen LogP contribution in [0.5, 0.6) is 11.5 Å². The van der Waals surface area contributed by atoms with Crippen LogP contribution in [0, 0.1) is 0 Å². The van der Waals surface area contributed by atoms with Gasteiger partial charge in [-0.1, -0.05) is 11.6 Å². The smallest absolute Gasteiger partial charge is 0.444 e. The van der Waals surface area contributed by atoms with Crippen molar-refractivity contribution >= 4 is 70.0 Å². The molecule has 0 unspecified atom stereocenters. The molecular weight excluding hydrogens is 1050 g/mol. The molecular formula is C42H43ClF12N4O6S4. The van der Waals surface area contributed by atoms with Gasteiger partial charge in [-0.2, -0.15) is 26.3 Å². The average Bonchev–Trinajstić information content (AvgIpc) is 3.82. The molecule has 4 heterocycles. The molecule has 0 radical (unpaired) electrons. The first kappa shape index (κ1) is 55.9. The quantitative estimate of drug-likeness (QED) is 0.125. The van der Waals surface area contributed by atoms with Gasteiger partial charge in [0.15, 0.2) is 0 Å². The first-order chi connectivity index (χ1) is 31.6. The number of benzene rings is 2. The monoisotopic (exact) mass is 1090 g/mol. The number of hydrogen-bond acceptors (Lipinski definition) is 12. The van der Waals surface area contributed by atoms with Crippen molar-refractivity contribution in [2.24, 2.45) is 0 Å². The Kier molecular flexibility index (Phi) is 17.6. The van der Waals surface area contributed by atoms with Crippen LogP contribution >= 0.6 is 57.8 Å². The van der Waals surface area contributed by atoms with Crippen molar-refractivity contribution in [2.45, 2.75) is 124 Å². The number of alkyl halides is 12. The molecule has 6 rings (SSSR count). The zero-order valence-electron chi connectivity index (χ0n) is 37.1. The number of thiazole rings is 2. The van der Waals surface area contributed by atoms with Gasteiger partial charge in [0, 0.05) is 64.3 Å². The Hall–Kier alpha value is -4.01. The van der Waals surface area contributed by atoms with Crippen molar-refractivity contribution in [1.29, 1.82) is 0 Å². The zero-order valence-corrected chi connectivity index (χ0v) is 41.2. The highest BCUT2D eigenvalue weighted by molar-refractivity contribution is 8.00. The van der Waals surface area contributed by atoms with E-state index in [1.807, 2.05) is 0 Å². The summed E-state index contributed by atoms with van der Waals surface area (Å²) in [6, 6.07) is 5.50. The Morgan fingerprint density at radius 3 is 1.42 bits per heavy atom. The molecule has 2 amide bonds. The molecule has 2 saturated heterocycles. The Morgan fingerprint density at radius 2 is 1.01 bits per heavy atom. The van der Waals surface area contributed by atoms with Crippen LogP contribution in [0.15, 0.2) is 51.6 Å². The van der Waals surface area contributed by atoms with Crippen LogP contribution in [-0.2, 0) is 9.47 Å². The lowest BCUT2D eigenvalue weighted by Crippen LogP contribution is -2.41. The molecule has 2 aliphatic heterocycles. The zero-order chi connectivity index (χ0) is 51.5. The molecule has 2 fully saturated rings. The second-order valence-corrected chi connectivity index (χ2v) is 22.1. The van der Waals surface area contributed by atoms with Gasteiger partial charge in [-0.15, -0.1) is 49.0 Å². The van der Waals surface area contributed by atoms with Crippen LogP contribution in [0.4, 0.5) is 62.3 Å². The fourth-order valence-electron chi connectivity index (χ4n) is 6.75. The standard InChI is InChI=1S/C21H21ClF6N2O3S2.C21H22F6N2O3S2/c1-19(2,3)33-18(31)30-6-4-11(5-7-30)17-29-15(16(22)34-17)12-8-13(32-20(23,24)25)10-14(9-12)35-21(26,27)28;1-19(2,3)32-18(30)29-6-4-12(5-7-29)17-28-16(11-33-17)13-8-14(31-20(22,23)24)10-15(9-13)34-21(25,26)27/h8-11H,4-7H2,1-3H3;8-12H,4-7H2,1-3H3. The second kappa shape index (κ2) is 21.8. The number of ether oxygens (including phenoxy) is 4. The molecule has 382 valence electrons. The molecule has 27 heteroatoms. The van der Waals surface area contributed by atoms with E-state index in [0.29, 0.717) is 74.0 Å². The van der Waals surface area contributed by atoms with E-state index < -0.39 is 91.9 Å². The van der Waals surface area contributed by atoms with E-state index in [2.05, 4.69) is 19.4 Å². The minimum atomic E-state index is -5.09. The molecule has 2 aromatic heterocycles. The van der Waals surface area contributed by atoms with Crippen molar-refractivity contribution in [3.05, 3.63) is 56.1 Å². The van der Waals surface area contributed by atoms with Gasteiger partial charge in [-0.25, -0.2) is 19.6 Å². The highest BCUT2D eigenvalue weighted by Gasteiger charge is 2.36. The molecule has 0 saturated carbocycles. The number of rotatable bonds is 8. The normalized spacial score (nSPS) is 15.9. The summed E-state index contributed by atoms with van der Waals surface area (Å²) in [5.74, 6) is -1.63. The van der Waals surface area contributed by atoms with E-state index in [1.54, 1.807) is 56.7 Å². The first-order valence-corrected chi connectivity index (χ1v) is 24.2. The number of thioether (sulfide) groups is 2. The van der Waals surface area contributed by atoms with Crippen molar-refractivity contribution in [2.75, 3.05) is 26.2 Å². The van der Waals surface area contributed by atoms with Gasteiger partial charge >= 0.3 is 35.9 Å². The predicted molar refractivity (Wildman–Crippen MR) is 237 cm³/mol. The highest BCUT2D eigenvalue weighted by Crippen LogP contribution is 2.45. The Bertz CT molecular complexity index is 2330. The van der Waals surface area contributed by atoms with Gasteiger partial charge in [-0.05, 0) is 127 Å². The van der Waals surface area contributed by atoms with Gasteiger partial charge in [0.25, 0.3) is 0 Å². The highest BCUT2D eigenvalue weighted by atomic mass is 35.5. The number of piperidine rings is 2. The van der Waals surface area contributed by atoms with Crippen LogP contribution in [0.1, 0.15) is 89.1 Å². The molecule has 0 bridgehead atoms. The maximum atomic E-state index is 12.9. The molecule has 4 aromatic rings. The van der Waals surface area contributed by atoms with Crippen LogP contribution in [0.3, 0.4) is 0 Å². The largest absolute Gasteiger partial charge is 0.573 e. The van der Waals surface area contributed by atoms with E-state index in [1.165, 1.54) is 11.3 Å². The molecule has 69 heavy (non-hydrogen) atoms. The summed E-state index contributed by atoms with van der Waals surface area (Å²) >= 11 is 7.58. The molecule has 2 aromatic carbocycles. The number of halogens is 13.